The zero-order chi connectivity index (χ0) is 20.1. The first-order valence-corrected chi connectivity index (χ1v) is 9.79. The summed E-state index contributed by atoms with van der Waals surface area (Å²) in [5.74, 6) is -0.183. The van der Waals surface area contributed by atoms with Crippen LogP contribution in [-0.2, 0) is 0 Å². The predicted molar refractivity (Wildman–Crippen MR) is 118 cm³/mol. The van der Waals surface area contributed by atoms with E-state index in [9.17, 15) is 4.79 Å². The number of para-hydroxylation sites is 1. The molecule has 0 atom stereocenters. The molecule has 0 aliphatic carbocycles. The third kappa shape index (κ3) is 4.92. The second kappa shape index (κ2) is 8.75. The van der Waals surface area contributed by atoms with E-state index in [-0.39, 0.29) is 5.91 Å². The van der Waals surface area contributed by atoms with E-state index < -0.39 is 0 Å². The summed E-state index contributed by atoms with van der Waals surface area (Å²) in [7, 11) is 2.16. The van der Waals surface area contributed by atoms with Crippen LogP contribution in [0.15, 0.2) is 73.1 Å². The van der Waals surface area contributed by atoms with Crippen molar-refractivity contribution < 1.29 is 4.79 Å². The summed E-state index contributed by atoms with van der Waals surface area (Å²) in [6, 6.07) is 19.6. The van der Waals surface area contributed by atoms with Crippen LogP contribution in [0.2, 0.25) is 0 Å². The number of amides is 1. The molecule has 6 heteroatoms. The molecule has 0 radical (unpaired) electrons. The van der Waals surface area contributed by atoms with E-state index in [1.165, 1.54) is 5.69 Å². The molecular formula is C23H25N5O. The molecule has 3 aromatic rings. The van der Waals surface area contributed by atoms with Gasteiger partial charge in [0.25, 0.3) is 5.91 Å². The van der Waals surface area contributed by atoms with Crippen LogP contribution in [0.5, 0.6) is 0 Å². The highest BCUT2D eigenvalue weighted by Crippen LogP contribution is 2.22. The molecule has 2 heterocycles. The Bertz CT molecular complexity index is 951. The standard InChI is InChI=1S/C23H25N5O/c1-27-11-13-28(14-12-27)22-9-7-20(8-10-22)25-21-15-18(16-24-17-21)23(29)26-19-5-3-2-4-6-19/h2-10,15-17,25H,11-14H2,1H3,(H,26,29). The summed E-state index contributed by atoms with van der Waals surface area (Å²) in [5, 5.41) is 6.21. The average Bonchev–Trinajstić information content (AvgIpc) is 2.76. The largest absolute Gasteiger partial charge is 0.369 e. The number of nitrogens with one attached hydrogen (secondary N) is 2. The summed E-state index contributed by atoms with van der Waals surface area (Å²) >= 11 is 0. The van der Waals surface area contributed by atoms with E-state index >= 15 is 0 Å². The molecule has 29 heavy (non-hydrogen) atoms. The molecule has 1 fully saturated rings. The molecule has 0 unspecified atom stereocenters. The molecule has 0 bridgehead atoms. The van der Waals surface area contributed by atoms with Crippen LogP contribution in [0.1, 0.15) is 10.4 Å². The lowest BCUT2D eigenvalue weighted by molar-refractivity contribution is 0.102. The van der Waals surface area contributed by atoms with Gasteiger partial charge in [-0.15, -0.1) is 0 Å². The Labute approximate surface area is 171 Å². The van der Waals surface area contributed by atoms with Crippen LogP contribution in [0.25, 0.3) is 0 Å². The van der Waals surface area contributed by atoms with Gasteiger partial charge in [0.05, 0.1) is 17.4 Å². The Morgan fingerprint density at radius 3 is 2.31 bits per heavy atom. The van der Waals surface area contributed by atoms with Gasteiger partial charge in [-0.1, -0.05) is 18.2 Å². The second-order valence-corrected chi connectivity index (χ2v) is 7.24. The quantitative estimate of drug-likeness (QED) is 0.697. The number of pyridine rings is 1. The predicted octanol–water partition coefficient (Wildman–Crippen LogP) is 3.83. The SMILES string of the molecule is CN1CCN(c2ccc(Nc3cncc(C(=O)Nc4ccccc4)c3)cc2)CC1. The minimum atomic E-state index is -0.183. The van der Waals surface area contributed by atoms with Crippen LogP contribution < -0.4 is 15.5 Å². The van der Waals surface area contributed by atoms with Gasteiger partial charge in [-0.25, -0.2) is 0 Å². The minimum absolute atomic E-state index is 0.183. The number of nitrogens with zero attached hydrogens (tertiary/aromatic N) is 3. The van der Waals surface area contributed by atoms with Gasteiger partial charge < -0.3 is 20.4 Å². The van der Waals surface area contributed by atoms with Crippen LogP contribution in [0.3, 0.4) is 0 Å². The summed E-state index contributed by atoms with van der Waals surface area (Å²) in [5.41, 5.74) is 4.24. The molecule has 1 aliphatic heterocycles. The molecule has 1 aliphatic rings. The number of carbonyl (C=O) groups is 1. The first kappa shape index (κ1) is 19.0. The Hall–Kier alpha value is -3.38. The Morgan fingerprint density at radius 2 is 1.59 bits per heavy atom. The van der Waals surface area contributed by atoms with E-state index in [0.717, 1.165) is 43.2 Å². The fraction of sp³-hybridized carbons (Fsp3) is 0.217. The van der Waals surface area contributed by atoms with Gasteiger partial charge in [0.2, 0.25) is 0 Å². The Morgan fingerprint density at radius 1 is 0.862 bits per heavy atom. The van der Waals surface area contributed by atoms with E-state index in [4.69, 9.17) is 0 Å². The number of aromatic nitrogens is 1. The van der Waals surface area contributed by atoms with Crippen molar-refractivity contribution in [1.82, 2.24) is 9.88 Å². The summed E-state index contributed by atoms with van der Waals surface area (Å²) in [6.45, 7) is 4.27. The first-order valence-electron chi connectivity index (χ1n) is 9.79. The number of likely N-dealkylation sites (N-methyl/N-ethyl adjacent to an activating group) is 1. The second-order valence-electron chi connectivity index (χ2n) is 7.24. The van der Waals surface area contributed by atoms with Gasteiger partial charge in [-0.3, -0.25) is 9.78 Å². The van der Waals surface area contributed by atoms with E-state index in [2.05, 4.69) is 56.7 Å². The van der Waals surface area contributed by atoms with Gasteiger partial charge in [-0.2, -0.15) is 0 Å². The number of piperazine rings is 1. The molecule has 1 saturated heterocycles. The zero-order valence-electron chi connectivity index (χ0n) is 16.5. The van der Waals surface area contributed by atoms with Crippen molar-refractivity contribution in [3.63, 3.8) is 0 Å². The lowest BCUT2D eigenvalue weighted by Gasteiger charge is -2.34. The average molecular weight is 387 g/mol. The van der Waals surface area contributed by atoms with Crippen LogP contribution in [-0.4, -0.2) is 49.0 Å². The summed E-state index contributed by atoms with van der Waals surface area (Å²) < 4.78 is 0. The molecule has 2 aromatic carbocycles. The highest BCUT2D eigenvalue weighted by molar-refractivity contribution is 6.04. The van der Waals surface area contributed by atoms with Crippen molar-refractivity contribution in [2.45, 2.75) is 0 Å². The van der Waals surface area contributed by atoms with Gasteiger partial charge in [0, 0.05) is 49.4 Å². The molecule has 0 spiro atoms. The Balaban J connectivity index is 1.40. The lowest BCUT2D eigenvalue weighted by atomic mass is 10.2. The normalized spacial score (nSPS) is 14.4. The van der Waals surface area contributed by atoms with E-state index in [0.29, 0.717) is 5.56 Å². The van der Waals surface area contributed by atoms with Gasteiger partial charge in [0.15, 0.2) is 0 Å². The van der Waals surface area contributed by atoms with E-state index in [1.807, 2.05) is 30.3 Å². The van der Waals surface area contributed by atoms with Gasteiger partial charge >= 0.3 is 0 Å². The van der Waals surface area contributed by atoms with Crippen molar-refractivity contribution >= 4 is 28.7 Å². The van der Waals surface area contributed by atoms with Crippen molar-refractivity contribution in [2.75, 3.05) is 48.8 Å². The monoisotopic (exact) mass is 387 g/mol. The van der Waals surface area contributed by atoms with Crippen molar-refractivity contribution in [3.8, 4) is 0 Å². The van der Waals surface area contributed by atoms with Crippen LogP contribution in [0, 0.1) is 0 Å². The number of carbonyl (C=O) groups excluding carboxylic acids is 1. The van der Waals surface area contributed by atoms with Gasteiger partial charge in [0.1, 0.15) is 0 Å². The smallest absolute Gasteiger partial charge is 0.257 e. The molecular weight excluding hydrogens is 362 g/mol. The molecule has 6 nitrogen and oxygen atoms in total. The maximum absolute atomic E-state index is 12.5. The molecule has 2 N–H and O–H groups in total. The first-order chi connectivity index (χ1) is 14.2. The number of hydrogen-bond donors (Lipinski definition) is 2. The van der Waals surface area contributed by atoms with Crippen molar-refractivity contribution in [3.05, 3.63) is 78.6 Å². The molecule has 148 valence electrons. The molecule has 4 rings (SSSR count). The molecule has 0 saturated carbocycles. The maximum Gasteiger partial charge on any atom is 0.257 e. The zero-order valence-corrected chi connectivity index (χ0v) is 16.5. The third-order valence-electron chi connectivity index (χ3n) is 5.06. The van der Waals surface area contributed by atoms with Crippen LogP contribution in [0.4, 0.5) is 22.7 Å². The Kier molecular flexibility index (Phi) is 5.72. The molecule has 1 aromatic heterocycles. The summed E-state index contributed by atoms with van der Waals surface area (Å²) in [6.07, 6.45) is 3.29. The number of benzene rings is 2. The summed E-state index contributed by atoms with van der Waals surface area (Å²) in [4.78, 5) is 21.4. The highest BCUT2D eigenvalue weighted by atomic mass is 16.1. The van der Waals surface area contributed by atoms with Gasteiger partial charge in [-0.05, 0) is 49.5 Å². The highest BCUT2D eigenvalue weighted by Gasteiger charge is 2.14. The number of anilines is 4. The molecule has 1 amide bonds. The fourth-order valence-electron chi connectivity index (χ4n) is 3.34. The third-order valence-corrected chi connectivity index (χ3v) is 5.06. The maximum atomic E-state index is 12.5. The van der Waals surface area contributed by atoms with Crippen molar-refractivity contribution in [1.29, 1.82) is 0 Å². The fourth-order valence-corrected chi connectivity index (χ4v) is 3.34. The lowest BCUT2D eigenvalue weighted by Crippen LogP contribution is -2.44. The van der Waals surface area contributed by atoms with Crippen LogP contribution >= 0.6 is 0 Å². The topological polar surface area (TPSA) is 60.5 Å². The van der Waals surface area contributed by atoms with Crippen molar-refractivity contribution in [2.24, 2.45) is 0 Å². The minimum Gasteiger partial charge on any atom is -0.369 e. The number of rotatable bonds is 5. The van der Waals surface area contributed by atoms with E-state index in [1.54, 1.807) is 18.5 Å². The number of hydrogen-bond acceptors (Lipinski definition) is 5.